The van der Waals surface area contributed by atoms with Gasteiger partial charge in [0.05, 0.1) is 18.1 Å². The maximum atomic E-state index is 13.8. The third-order valence-corrected chi connectivity index (χ3v) is 7.68. The molecule has 0 amide bonds. The Bertz CT molecular complexity index is 1200. The molecule has 0 bridgehead atoms. The van der Waals surface area contributed by atoms with Crippen LogP contribution in [0.3, 0.4) is 0 Å². The molecule has 0 aromatic heterocycles. The molecule has 3 rings (SSSR count). The zero-order valence-corrected chi connectivity index (χ0v) is 20.0. The van der Waals surface area contributed by atoms with Crippen LogP contribution in [0, 0.1) is 10.1 Å². The molecule has 186 valence electrons. The topological polar surface area (TPSA) is 159 Å². The van der Waals surface area contributed by atoms with Gasteiger partial charge in [0.25, 0.3) is 5.69 Å². The molecule has 2 aromatic rings. The summed E-state index contributed by atoms with van der Waals surface area (Å²) >= 11 is 0. The van der Waals surface area contributed by atoms with E-state index in [1.54, 1.807) is 11.8 Å². The first-order valence-corrected chi connectivity index (χ1v) is 12.4. The first kappa shape index (κ1) is 26.1. The summed E-state index contributed by atoms with van der Waals surface area (Å²) in [6.07, 6.45) is 0.314. The lowest BCUT2D eigenvalue weighted by Gasteiger charge is -2.44. The first-order chi connectivity index (χ1) is 16.8. The van der Waals surface area contributed by atoms with E-state index < -0.39 is 43.6 Å². The van der Waals surface area contributed by atoms with Gasteiger partial charge in [-0.1, -0.05) is 47.6 Å². The monoisotopic (exact) mass is 502 g/mol. The highest BCUT2D eigenvalue weighted by Gasteiger charge is 2.43. The van der Waals surface area contributed by atoms with E-state index in [0.29, 0.717) is 6.42 Å². The Labute approximate surface area is 202 Å². The van der Waals surface area contributed by atoms with Crippen molar-refractivity contribution in [3.8, 4) is 0 Å². The van der Waals surface area contributed by atoms with E-state index >= 15 is 0 Å². The van der Waals surface area contributed by atoms with E-state index in [1.165, 1.54) is 22.5 Å². The van der Waals surface area contributed by atoms with Gasteiger partial charge in [-0.05, 0) is 30.5 Å². The van der Waals surface area contributed by atoms with E-state index in [-0.39, 0.29) is 32.8 Å². The lowest BCUT2D eigenvalue weighted by atomic mass is 10.0. The van der Waals surface area contributed by atoms with Crippen LogP contribution in [0.15, 0.2) is 64.6 Å². The average Bonchev–Trinajstić information content (AvgIpc) is 2.84. The Morgan fingerprint density at radius 2 is 1.86 bits per heavy atom. The highest BCUT2D eigenvalue weighted by atomic mass is 32.2. The third-order valence-electron chi connectivity index (χ3n) is 5.72. The summed E-state index contributed by atoms with van der Waals surface area (Å²) in [7, 11) is -4.31. The molecule has 1 fully saturated rings. The number of sulfonamides is 1. The Hall–Kier alpha value is -3.51. The second-order valence-electron chi connectivity index (χ2n) is 7.94. The van der Waals surface area contributed by atoms with Crippen molar-refractivity contribution in [1.29, 1.82) is 0 Å². The SMILES string of the molecule is CCOC(=O)CN1C[C@H](Cc2ccccc2)N(S(=O)(=O)c2ccccc2[N+](=O)[O-])C[C@@H]1CN=[N+]=[N-]. The van der Waals surface area contributed by atoms with Crippen molar-refractivity contribution in [1.82, 2.24) is 9.21 Å². The minimum absolute atomic E-state index is 0.0864. The molecule has 0 saturated carbocycles. The van der Waals surface area contributed by atoms with Crippen LogP contribution in [0.2, 0.25) is 0 Å². The molecule has 2 atom stereocenters. The summed E-state index contributed by atoms with van der Waals surface area (Å²) in [5.74, 6) is -0.480. The van der Waals surface area contributed by atoms with Gasteiger partial charge in [-0.25, -0.2) is 8.42 Å². The van der Waals surface area contributed by atoms with E-state index in [1.807, 2.05) is 30.3 Å². The highest BCUT2D eigenvalue weighted by Crippen LogP contribution is 2.31. The third kappa shape index (κ3) is 6.34. The van der Waals surface area contributed by atoms with Crippen LogP contribution in [0.4, 0.5) is 5.69 Å². The number of benzene rings is 2. The molecule has 1 saturated heterocycles. The molecule has 0 unspecified atom stereocenters. The largest absolute Gasteiger partial charge is 0.465 e. The van der Waals surface area contributed by atoms with Crippen molar-refractivity contribution in [3.05, 3.63) is 80.7 Å². The fourth-order valence-electron chi connectivity index (χ4n) is 4.15. The van der Waals surface area contributed by atoms with Gasteiger partial charge in [-0.15, -0.1) is 0 Å². The number of hydrogen-bond acceptors (Lipinski definition) is 8. The number of nitro benzene ring substituents is 1. The molecule has 0 aliphatic carbocycles. The molecule has 0 N–H and O–H groups in total. The van der Waals surface area contributed by atoms with Gasteiger partial charge < -0.3 is 4.74 Å². The molecular weight excluding hydrogens is 476 g/mol. The Morgan fingerprint density at radius 3 is 2.51 bits per heavy atom. The zero-order chi connectivity index (χ0) is 25.4. The number of nitro groups is 1. The molecular formula is C22H26N6O6S. The van der Waals surface area contributed by atoms with Crippen LogP contribution < -0.4 is 0 Å². The maximum absolute atomic E-state index is 13.8. The van der Waals surface area contributed by atoms with E-state index in [9.17, 15) is 23.3 Å². The number of ether oxygens (including phenoxy) is 1. The van der Waals surface area contributed by atoms with Crippen molar-refractivity contribution < 1.29 is 22.9 Å². The quantitative estimate of drug-likeness (QED) is 0.121. The van der Waals surface area contributed by atoms with Crippen molar-refractivity contribution >= 4 is 21.7 Å². The number of rotatable bonds is 10. The molecule has 35 heavy (non-hydrogen) atoms. The summed E-state index contributed by atoms with van der Waals surface area (Å²) in [6, 6.07) is 13.2. The van der Waals surface area contributed by atoms with Gasteiger partial charge in [0.2, 0.25) is 10.0 Å². The average molecular weight is 503 g/mol. The van der Waals surface area contributed by atoms with Gasteiger partial charge in [0, 0.05) is 42.7 Å². The molecule has 1 heterocycles. The Morgan fingerprint density at radius 1 is 1.17 bits per heavy atom. The number of hydrogen-bond donors (Lipinski definition) is 0. The van der Waals surface area contributed by atoms with Gasteiger partial charge in [0.1, 0.15) is 0 Å². The van der Waals surface area contributed by atoms with Gasteiger partial charge in [-0.3, -0.25) is 19.8 Å². The van der Waals surface area contributed by atoms with Crippen molar-refractivity contribution in [2.75, 3.05) is 32.8 Å². The minimum atomic E-state index is -4.31. The van der Waals surface area contributed by atoms with Crippen LogP contribution in [0.1, 0.15) is 12.5 Å². The standard InChI is InChI=1S/C22H26N6O6S/c1-2-34-22(29)16-26-14-18(12-17-8-4-3-5-9-17)27(15-19(26)13-24-25-23)35(32,33)21-11-7-6-10-20(21)28(30)31/h3-11,18-19H,2,12-16H2,1H3/t18-,19-/m0/s1. The fourth-order valence-corrected chi connectivity index (χ4v) is 5.96. The second-order valence-corrected chi connectivity index (χ2v) is 9.80. The van der Waals surface area contributed by atoms with Crippen LogP contribution in [0.5, 0.6) is 0 Å². The van der Waals surface area contributed by atoms with Crippen molar-refractivity contribution in [2.24, 2.45) is 5.11 Å². The zero-order valence-electron chi connectivity index (χ0n) is 19.1. The lowest BCUT2D eigenvalue weighted by Crippen LogP contribution is -2.62. The number of nitrogens with zero attached hydrogens (tertiary/aromatic N) is 6. The number of carbonyl (C=O) groups is 1. The first-order valence-electron chi connectivity index (χ1n) is 11.0. The Balaban J connectivity index is 2.04. The summed E-state index contributed by atoms with van der Waals surface area (Å²) in [5.41, 5.74) is 9.18. The highest BCUT2D eigenvalue weighted by molar-refractivity contribution is 7.89. The number of azide groups is 1. The molecule has 0 radical (unpaired) electrons. The Kier molecular flexibility index (Phi) is 8.77. The number of esters is 1. The van der Waals surface area contributed by atoms with Gasteiger partial charge in [0.15, 0.2) is 4.90 Å². The fraction of sp³-hybridized carbons (Fsp3) is 0.409. The summed E-state index contributed by atoms with van der Waals surface area (Å²) in [6.45, 7) is 1.70. The number of carbonyl (C=O) groups excluding carboxylic acids is 1. The van der Waals surface area contributed by atoms with Gasteiger partial charge in [-0.2, -0.15) is 4.31 Å². The summed E-state index contributed by atoms with van der Waals surface area (Å²) in [5, 5.41) is 15.2. The molecule has 13 heteroatoms. The van der Waals surface area contributed by atoms with Crippen molar-refractivity contribution in [2.45, 2.75) is 30.3 Å². The van der Waals surface area contributed by atoms with Crippen LogP contribution in [-0.4, -0.2) is 73.4 Å². The number of para-hydroxylation sites is 1. The minimum Gasteiger partial charge on any atom is -0.465 e. The predicted octanol–water partition coefficient (Wildman–Crippen LogP) is 2.75. The number of piperazine rings is 1. The normalized spacial score (nSPS) is 19.0. The lowest BCUT2D eigenvalue weighted by molar-refractivity contribution is -0.387. The van der Waals surface area contributed by atoms with E-state index in [0.717, 1.165) is 11.6 Å². The molecule has 12 nitrogen and oxygen atoms in total. The van der Waals surface area contributed by atoms with Crippen LogP contribution in [-0.2, 0) is 26.0 Å². The smallest absolute Gasteiger partial charge is 0.320 e. The van der Waals surface area contributed by atoms with Crippen LogP contribution in [0.25, 0.3) is 10.4 Å². The van der Waals surface area contributed by atoms with Crippen molar-refractivity contribution in [3.63, 3.8) is 0 Å². The second kappa shape index (κ2) is 11.8. The maximum Gasteiger partial charge on any atom is 0.320 e. The predicted molar refractivity (Wildman–Crippen MR) is 127 cm³/mol. The summed E-state index contributed by atoms with van der Waals surface area (Å²) < 4.78 is 33.8. The molecule has 2 aromatic carbocycles. The summed E-state index contributed by atoms with van der Waals surface area (Å²) in [4.78, 5) is 27.2. The van der Waals surface area contributed by atoms with E-state index in [2.05, 4.69) is 10.0 Å². The van der Waals surface area contributed by atoms with E-state index in [4.69, 9.17) is 10.3 Å². The van der Waals surface area contributed by atoms with Gasteiger partial charge >= 0.3 is 5.97 Å². The van der Waals surface area contributed by atoms with Crippen LogP contribution >= 0.6 is 0 Å². The molecule has 1 aliphatic rings. The molecule has 1 aliphatic heterocycles. The molecule has 0 spiro atoms.